The van der Waals surface area contributed by atoms with Gasteiger partial charge in [-0.2, -0.15) is 0 Å². The van der Waals surface area contributed by atoms with E-state index < -0.39 is 11.9 Å². The second-order valence-electron chi connectivity index (χ2n) is 18.3. The van der Waals surface area contributed by atoms with Gasteiger partial charge >= 0.3 is 12.0 Å². The van der Waals surface area contributed by atoms with Gasteiger partial charge in [0.25, 0.3) is 0 Å². The number of nitrogens with one attached hydrogen (secondary N) is 2. The molecule has 0 radical (unpaired) electrons. The molecule has 5 atom stereocenters. The SMILES string of the molecule is CC1C(CN2CCCC2C(=O)OC(C)(C)C)OC(c2ccc(-c3ccccc3CNC(=O)NC34CC5CC(CC(C5)C3)C4)cc2)OC1c1ccc(CO)cc1. The highest BCUT2D eigenvalue weighted by Gasteiger charge is 2.51. The van der Waals surface area contributed by atoms with E-state index in [1.807, 2.05) is 57.2 Å². The second kappa shape index (κ2) is 15.6. The number of aliphatic hydroxyl groups is 1. The van der Waals surface area contributed by atoms with Crippen molar-refractivity contribution in [2.45, 2.75) is 128 Å². The van der Waals surface area contributed by atoms with Crippen molar-refractivity contribution in [3.8, 4) is 11.1 Å². The summed E-state index contributed by atoms with van der Waals surface area (Å²) in [6, 6.07) is 24.2. The Morgan fingerprint density at radius 1 is 0.891 bits per heavy atom. The topological polar surface area (TPSA) is 109 Å². The zero-order valence-electron chi connectivity index (χ0n) is 33.0. The Balaban J connectivity index is 0.971. The van der Waals surface area contributed by atoms with Gasteiger partial charge in [0.15, 0.2) is 6.29 Å². The molecular weight excluding hydrogens is 691 g/mol. The largest absolute Gasteiger partial charge is 0.459 e. The minimum atomic E-state index is -0.620. The third kappa shape index (κ3) is 8.51. The predicted octanol–water partition coefficient (Wildman–Crippen LogP) is 8.21. The molecule has 2 saturated heterocycles. The Hall–Kier alpha value is -3.76. The van der Waals surface area contributed by atoms with Crippen LogP contribution in [0, 0.1) is 23.7 Å². The van der Waals surface area contributed by atoms with Crippen LogP contribution in [0.25, 0.3) is 11.1 Å². The summed E-state index contributed by atoms with van der Waals surface area (Å²) in [5.41, 5.74) is 5.41. The fraction of sp³-hybridized carbons (Fsp3) is 0.565. The van der Waals surface area contributed by atoms with Gasteiger partial charge in [0.05, 0.1) is 18.8 Å². The van der Waals surface area contributed by atoms with E-state index in [1.165, 1.54) is 19.3 Å². The van der Waals surface area contributed by atoms with Crippen molar-refractivity contribution in [1.82, 2.24) is 15.5 Å². The van der Waals surface area contributed by atoms with Gasteiger partial charge in [-0.15, -0.1) is 0 Å². The van der Waals surface area contributed by atoms with Gasteiger partial charge in [0.2, 0.25) is 0 Å². The van der Waals surface area contributed by atoms with Gasteiger partial charge in [-0.3, -0.25) is 9.69 Å². The van der Waals surface area contributed by atoms with Gasteiger partial charge in [0, 0.05) is 30.1 Å². The van der Waals surface area contributed by atoms with Crippen molar-refractivity contribution in [3.63, 3.8) is 0 Å². The molecule has 0 spiro atoms. The highest BCUT2D eigenvalue weighted by Crippen LogP contribution is 2.55. The highest BCUT2D eigenvalue weighted by molar-refractivity contribution is 5.77. The molecule has 6 aliphatic rings. The fourth-order valence-electron chi connectivity index (χ4n) is 10.7. The summed E-state index contributed by atoms with van der Waals surface area (Å²) in [5, 5.41) is 16.3. The zero-order chi connectivity index (χ0) is 38.3. The minimum Gasteiger partial charge on any atom is -0.459 e. The van der Waals surface area contributed by atoms with E-state index in [4.69, 9.17) is 14.2 Å². The van der Waals surface area contributed by atoms with Crippen LogP contribution in [-0.4, -0.2) is 58.4 Å². The van der Waals surface area contributed by atoms with Crippen LogP contribution in [0.1, 0.15) is 114 Å². The molecule has 3 N–H and O–H groups in total. The number of aliphatic hydroxyl groups excluding tert-OH is 1. The molecule has 3 aromatic rings. The minimum absolute atomic E-state index is 0.00471. The summed E-state index contributed by atoms with van der Waals surface area (Å²) in [6.45, 7) is 9.72. The Morgan fingerprint density at radius 3 is 2.20 bits per heavy atom. The molecular formula is C46H59N3O6. The van der Waals surface area contributed by atoms with Crippen LogP contribution in [0.2, 0.25) is 0 Å². The average molecular weight is 750 g/mol. The molecule has 9 rings (SSSR count). The average Bonchev–Trinajstić information content (AvgIpc) is 3.62. The third-order valence-corrected chi connectivity index (χ3v) is 12.9. The van der Waals surface area contributed by atoms with Crippen LogP contribution in [0.4, 0.5) is 4.79 Å². The van der Waals surface area contributed by atoms with Crippen LogP contribution >= 0.6 is 0 Å². The first-order valence-electron chi connectivity index (χ1n) is 20.7. The van der Waals surface area contributed by atoms with Crippen LogP contribution in [0.3, 0.4) is 0 Å². The molecule has 6 fully saturated rings. The van der Waals surface area contributed by atoms with E-state index in [9.17, 15) is 14.7 Å². The molecule has 5 unspecified atom stereocenters. The quantitative estimate of drug-likeness (QED) is 0.179. The van der Waals surface area contributed by atoms with Gasteiger partial charge in [-0.05, 0) is 124 Å². The van der Waals surface area contributed by atoms with E-state index in [0.29, 0.717) is 13.1 Å². The fourth-order valence-corrected chi connectivity index (χ4v) is 10.7. The van der Waals surface area contributed by atoms with E-state index in [1.54, 1.807) is 0 Å². The molecule has 3 aromatic carbocycles. The van der Waals surface area contributed by atoms with Crippen molar-refractivity contribution >= 4 is 12.0 Å². The van der Waals surface area contributed by atoms with Crippen LogP contribution in [0.15, 0.2) is 72.8 Å². The number of rotatable bonds is 10. The number of urea groups is 1. The van der Waals surface area contributed by atoms with E-state index in [2.05, 4.69) is 58.9 Å². The lowest BCUT2D eigenvalue weighted by Gasteiger charge is -2.56. The van der Waals surface area contributed by atoms with Crippen molar-refractivity contribution in [1.29, 1.82) is 0 Å². The van der Waals surface area contributed by atoms with Crippen LogP contribution in [-0.2, 0) is 32.2 Å². The smallest absolute Gasteiger partial charge is 0.323 e. The van der Waals surface area contributed by atoms with Gasteiger partial charge in [-0.1, -0.05) is 79.7 Å². The summed E-state index contributed by atoms with van der Waals surface area (Å²) >= 11 is 0. The molecule has 0 aromatic heterocycles. The van der Waals surface area contributed by atoms with Gasteiger partial charge < -0.3 is 30.0 Å². The number of esters is 1. The van der Waals surface area contributed by atoms with E-state index in [-0.39, 0.29) is 48.3 Å². The first kappa shape index (κ1) is 38.1. The molecule has 9 nitrogen and oxygen atoms in total. The van der Waals surface area contributed by atoms with Gasteiger partial charge in [-0.25, -0.2) is 4.79 Å². The number of likely N-dealkylation sites (tertiary alicyclic amines) is 1. The number of amides is 2. The van der Waals surface area contributed by atoms with E-state index >= 15 is 0 Å². The monoisotopic (exact) mass is 749 g/mol. The Morgan fingerprint density at radius 2 is 1.55 bits per heavy atom. The molecule has 2 amide bonds. The summed E-state index contributed by atoms with van der Waals surface area (Å²) in [7, 11) is 0. The standard InChI is InChI=1S/C46H59N3O6/c1-29-40(27-49-19-7-10-39(49)42(51)55-45(2,3)4)53-43(54-41(29)35-13-11-30(28-50)12-14-35)36-17-15-34(16-18-36)38-9-6-5-8-37(38)26-47-44(52)48-46-23-31-20-32(24-46)22-33(21-31)25-46/h5-6,8-9,11-18,29,31-33,39-41,43,50H,7,10,19-28H2,1-4H3,(H2,47,48,52). The lowest BCUT2D eigenvalue weighted by atomic mass is 9.53. The molecule has 4 bridgehead atoms. The molecule has 4 saturated carbocycles. The van der Waals surface area contributed by atoms with Crippen LogP contribution < -0.4 is 10.6 Å². The van der Waals surface area contributed by atoms with Crippen molar-refractivity contribution in [3.05, 3.63) is 95.1 Å². The number of benzene rings is 3. The Bertz CT molecular complexity index is 1780. The predicted molar refractivity (Wildman–Crippen MR) is 212 cm³/mol. The number of nitrogens with zero attached hydrogens (tertiary/aromatic N) is 1. The van der Waals surface area contributed by atoms with Crippen LogP contribution in [0.5, 0.6) is 0 Å². The van der Waals surface area contributed by atoms with Crippen molar-refractivity contribution in [2.75, 3.05) is 13.1 Å². The number of carbonyl (C=O) groups is 2. The summed E-state index contributed by atoms with van der Waals surface area (Å²) in [6.07, 6.45) is 8.06. The summed E-state index contributed by atoms with van der Waals surface area (Å²) < 4.78 is 19.4. The summed E-state index contributed by atoms with van der Waals surface area (Å²) in [5.74, 6) is 2.15. The number of hydrogen-bond donors (Lipinski definition) is 3. The second-order valence-corrected chi connectivity index (χ2v) is 18.3. The zero-order valence-corrected chi connectivity index (χ0v) is 33.0. The Kier molecular flexibility index (Phi) is 10.8. The first-order valence-corrected chi connectivity index (χ1v) is 20.7. The normalized spacial score (nSPS) is 31.7. The van der Waals surface area contributed by atoms with Gasteiger partial charge in [0.1, 0.15) is 11.6 Å². The summed E-state index contributed by atoms with van der Waals surface area (Å²) in [4.78, 5) is 28.8. The maximum Gasteiger partial charge on any atom is 0.323 e. The lowest BCUT2D eigenvalue weighted by Crippen LogP contribution is -2.61. The molecule has 2 heterocycles. The Labute approximate surface area is 326 Å². The first-order chi connectivity index (χ1) is 26.4. The lowest BCUT2D eigenvalue weighted by molar-refractivity contribution is -0.276. The number of carbonyl (C=O) groups excluding carboxylic acids is 2. The highest BCUT2D eigenvalue weighted by atomic mass is 16.7. The molecule has 9 heteroatoms. The van der Waals surface area contributed by atoms with Crippen molar-refractivity contribution < 1.29 is 28.9 Å². The maximum absolute atomic E-state index is 13.3. The van der Waals surface area contributed by atoms with E-state index in [0.717, 1.165) is 89.8 Å². The number of ether oxygens (including phenoxy) is 3. The maximum atomic E-state index is 13.3. The molecule has 55 heavy (non-hydrogen) atoms. The molecule has 294 valence electrons. The third-order valence-electron chi connectivity index (χ3n) is 12.9. The number of hydrogen-bond acceptors (Lipinski definition) is 7. The van der Waals surface area contributed by atoms with Crippen molar-refractivity contribution in [2.24, 2.45) is 23.7 Å². The molecule has 2 aliphatic heterocycles. The molecule has 4 aliphatic carbocycles.